The maximum absolute atomic E-state index is 9.35. The number of rotatable bonds is 4. The summed E-state index contributed by atoms with van der Waals surface area (Å²) in [7, 11) is 0. The van der Waals surface area contributed by atoms with E-state index in [1.54, 1.807) is 12.1 Å². The van der Waals surface area contributed by atoms with Crippen molar-refractivity contribution in [1.82, 2.24) is 0 Å². The van der Waals surface area contributed by atoms with Gasteiger partial charge in [0.25, 0.3) is 0 Å². The molecule has 0 aliphatic carbocycles. The molecule has 1 N–H and O–H groups in total. The molecule has 2 heteroatoms. The minimum Gasteiger partial charge on any atom is -0.508 e. The van der Waals surface area contributed by atoms with Crippen LogP contribution in [-0.4, -0.2) is 11.7 Å². The third-order valence-corrected chi connectivity index (χ3v) is 3.46. The topological polar surface area (TPSA) is 29.5 Å². The largest absolute Gasteiger partial charge is 0.508 e. The molecule has 20 heavy (non-hydrogen) atoms. The highest BCUT2D eigenvalue weighted by Crippen LogP contribution is 2.27. The summed E-state index contributed by atoms with van der Waals surface area (Å²) in [5.41, 5.74) is 4.72. The lowest BCUT2D eigenvalue weighted by molar-refractivity contribution is 0.340. The van der Waals surface area contributed by atoms with Gasteiger partial charge in [-0.1, -0.05) is 24.3 Å². The van der Waals surface area contributed by atoms with Crippen molar-refractivity contribution in [3.05, 3.63) is 59.7 Å². The number of hydrogen-bond acceptors (Lipinski definition) is 2. The molecule has 0 heterocycles. The zero-order valence-electron chi connectivity index (χ0n) is 12.2. The van der Waals surface area contributed by atoms with Crippen LogP contribution in [0.3, 0.4) is 0 Å². The first-order chi connectivity index (χ1) is 9.61. The molecule has 0 atom stereocenters. The second kappa shape index (κ2) is 6.29. The molecule has 0 saturated heterocycles. The van der Waals surface area contributed by atoms with E-state index in [2.05, 4.69) is 26.0 Å². The van der Waals surface area contributed by atoms with Gasteiger partial charge in [0.05, 0.1) is 6.61 Å². The van der Waals surface area contributed by atoms with Crippen LogP contribution >= 0.6 is 0 Å². The Morgan fingerprint density at radius 3 is 1.75 bits per heavy atom. The fourth-order valence-electron chi connectivity index (χ4n) is 2.11. The van der Waals surface area contributed by atoms with Gasteiger partial charge in [-0.3, -0.25) is 0 Å². The zero-order chi connectivity index (χ0) is 14.5. The maximum Gasteiger partial charge on any atom is 0.119 e. The van der Waals surface area contributed by atoms with E-state index in [1.807, 2.05) is 31.2 Å². The van der Waals surface area contributed by atoms with Gasteiger partial charge in [-0.2, -0.15) is 0 Å². The molecular weight excluding hydrogens is 248 g/mol. The number of ether oxygens (including phenoxy) is 1. The smallest absolute Gasteiger partial charge is 0.119 e. The summed E-state index contributed by atoms with van der Waals surface area (Å²) in [5, 5.41) is 9.35. The number of aromatic hydroxyl groups is 1. The van der Waals surface area contributed by atoms with Crippen LogP contribution in [-0.2, 0) is 0 Å². The highest BCUT2D eigenvalue weighted by atomic mass is 16.5. The fourth-order valence-corrected chi connectivity index (χ4v) is 2.11. The van der Waals surface area contributed by atoms with Gasteiger partial charge in [0.2, 0.25) is 0 Å². The van der Waals surface area contributed by atoms with Crippen LogP contribution in [0.1, 0.15) is 31.9 Å². The molecule has 104 valence electrons. The first-order valence-electron chi connectivity index (χ1n) is 6.82. The monoisotopic (exact) mass is 268 g/mol. The molecule has 2 aromatic rings. The number of benzene rings is 2. The van der Waals surface area contributed by atoms with E-state index in [0.717, 1.165) is 11.3 Å². The summed E-state index contributed by atoms with van der Waals surface area (Å²) in [5.74, 6) is 1.19. The van der Waals surface area contributed by atoms with Crippen LogP contribution in [0.4, 0.5) is 0 Å². The van der Waals surface area contributed by atoms with Gasteiger partial charge in [0, 0.05) is 0 Å². The number of phenols is 1. The molecule has 0 aliphatic rings. The summed E-state index contributed by atoms with van der Waals surface area (Å²) < 4.78 is 5.46. The Morgan fingerprint density at radius 2 is 1.30 bits per heavy atom. The van der Waals surface area contributed by atoms with Gasteiger partial charge in [0.1, 0.15) is 11.5 Å². The predicted octanol–water partition coefficient (Wildman–Crippen LogP) is 4.74. The highest BCUT2D eigenvalue weighted by Gasteiger charge is 2.04. The van der Waals surface area contributed by atoms with Crippen molar-refractivity contribution in [2.24, 2.45) is 0 Å². The Bertz CT molecular complexity index is 592. The molecule has 0 fully saturated rings. The van der Waals surface area contributed by atoms with Crippen molar-refractivity contribution < 1.29 is 9.84 Å². The van der Waals surface area contributed by atoms with E-state index in [0.29, 0.717) is 12.4 Å². The molecular formula is C18H20O2. The SMILES string of the molecule is CCOc1ccc(C(C)=C(C)c2ccc(O)cc2)cc1. The average Bonchev–Trinajstić information content (AvgIpc) is 2.48. The van der Waals surface area contributed by atoms with Crippen LogP contribution in [0.2, 0.25) is 0 Å². The van der Waals surface area contributed by atoms with Crippen molar-refractivity contribution in [2.45, 2.75) is 20.8 Å². The van der Waals surface area contributed by atoms with Crippen LogP contribution in [0.25, 0.3) is 11.1 Å². The molecule has 2 nitrogen and oxygen atoms in total. The van der Waals surface area contributed by atoms with Gasteiger partial charge >= 0.3 is 0 Å². The van der Waals surface area contributed by atoms with Gasteiger partial charge in [-0.25, -0.2) is 0 Å². The van der Waals surface area contributed by atoms with Crippen molar-refractivity contribution in [2.75, 3.05) is 6.61 Å². The van der Waals surface area contributed by atoms with Crippen LogP contribution in [0, 0.1) is 0 Å². The lowest BCUT2D eigenvalue weighted by Crippen LogP contribution is -1.91. The quantitative estimate of drug-likeness (QED) is 0.811. The lowest BCUT2D eigenvalue weighted by Gasteiger charge is -2.10. The Labute approximate surface area is 120 Å². The van der Waals surface area contributed by atoms with Crippen LogP contribution < -0.4 is 4.74 Å². The molecule has 2 rings (SSSR count). The number of allylic oxidation sites excluding steroid dienone is 2. The molecule has 0 saturated carbocycles. The fraction of sp³-hybridized carbons (Fsp3) is 0.222. The summed E-state index contributed by atoms with van der Waals surface area (Å²) in [6, 6.07) is 15.4. The summed E-state index contributed by atoms with van der Waals surface area (Å²) in [6.45, 7) is 6.87. The Kier molecular flexibility index (Phi) is 4.46. The summed E-state index contributed by atoms with van der Waals surface area (Å²) in [6.07, 6.45) is 0. The molecule has 2 aromatic carbocycles. The Balaban J connectivity index is 2.30. The maximum atomic E-state index is 9.35. The first-order valence-corrected chi connectivity index (χ1v) is 6.82. The first kappa shape index (κ1) is 14.2. The second-order valence-corrected chi connectivity index (χ2v) is 4.75. The van der Waals surface area contributed by atoms with Gasteiger partial charge < -0.3 is 9.84 Å². The minimum absolute atomic E-state index is 0.292. The van der Waals surface area contributed by atoms with E-state index in [9.17, 15) is 5.11 Å². The van der Waals surface area contributed by atoms with Gasteiger partial charge in [-0.15, -0.1) is 0 Å². The minimum atomic E-state index is 0.292. The van der Waals surface area contributed by atoms with E-state index in [-0.39, 0.29) is 0 Å². The standard InChI is InChI=1S/C18H20O2/c1-4-20-18-11-7-16(8-12-18)14(3)13(2)15-5-9-17(19)10-6-15/h5-12,19H,4H2,1-3H3. The van der Waals surface area contributed by atoms with Gasteiger partial charge in [-0.05, 0) is 67.3 Å². The molecule has 0 bridgehead atoms. The third kappa shape index (κ3) is 3.21. The van der Waals surface area contributed by atoms with Crippen molar-refractivity contribution in [3.63, 3.8) is 0 Å². The molecule has 0 amide bonds. The van der Waals surface area contributed by atoms with E-state index >= 15 is 0 Å². The number of hydrogen-bond donors (Lipinski definition) is 1. The predicted molar refractivity (Wildman–Crippen MR) is 83.9 cm³/mol. The highest BCUT2D eigenvalue weighted by molar-refractivity contribution is 5.88. The summed E-state index contributed by atoms with van der Waals surface area (Å²) in [4.78, 5) is 0. The lowest BCUT2D eigenvalue weighted by atomic mass is 9.97. The average molecular weight is 268 g/mol. The molecule has 0 aliphatic heterocycles. The number of phenolic OH excluding ortho intramolecular Hbond substituents is 1. The Morgan fingerprint density at radius 1 is 0.850 bits per heavy atom. The Hall–Kier alpha value is -2.22. The van der Waals surface area contributed by atoms with Crippen molar-refractivity contribution in [3.8, 4) is 11.5 Å². The van der Waals surface area contributed by atoms with E-state index in [1.165, 1.54) is 16.7 Å². The third-order valence-electron chi connectivity index (χ3n) is 3.46. The van der Waals surface area contributed by atoms with Crippen molar-refractivity contribution in [1.29, 1.82) is 0 Å². The van der Waals surface area contributed by atoms with E-state index < -0.39 is 0 Å². The molecule has 0 unspecified atom stereocenters. The van der Waals surface area contributed by atoms with Crippen LogP contribution in [0.5, 0.6) is 11.5 Å². The van der Waals surface area contributed by atoms with E-state index in [4.69, 9.17) is 4.74 Å². The second-order valence-electron chi connectivity index (χ2n) is 4.75. The summed E-state index contributed by atoms with van der Waals surface area (Å²) >= 11 is 0. The van der Waals surface area contributed by atoms with Gasteiger partial charge in [0.15, 0.2) is 0 Å². The van der Waals surface area contributed by atoms with Crippen LogP contribution in [0.15, 0.2) is 48.5 Å². The molecule has 0 spiro atoms. The normalized spacial score (nSPS) is 11.9. The zero-order valence-corrected chi connectivity index (χ0v) is 12.2. The van der Waals surface area contributed by atoms with Crippen molar-refractivity contribution >= 4 is 11.1 Å². The molecule has 0 radical (unpaired) electrons. The molecule has 0 aromatic heterocycles.